The third kappa shape index (κ3) is 5.09. The molecule has 0 spiro atoms. The molecule has 1 aliphatic heterocycles. The number of aromatic nitrogens is 3. The summed E-state index contributed by atoms with van der Waals surface area (Å²) in [6.07, 6.45) is 2.61. The van der Waals surface area contributed by atoms with E-state index in [4.69, 9.17) is 0 Å². The molecule has 0 bridgehead atoms. The lowest BCUT2D eigenvalue weighted by Gasteiger charge is -2.18. The molecular weight excluding hydrogens is 496 g/mol. The highest BCUT2D eigenvalue weighted by molar-refractivity contribution is 7.22. The highest BCUT2D eigenvalue weighted by Crippen LogP contribution is 2.41. The molecule has 0 aliphatic carbocycles. The maximum atomic E-state index is 14.9. The Morgan fingerprint density at radius 3 is 2.86 bits per heavy atom. The fourth-order valence-corrected chi connectivity index (χ4v) is 5.73. The summed E-state index contributed by atoms with van der Waals surface area (Å²) in [6.45, 7) is 6.78. The van der Waals surface area contributed by atoms with Gasteiger partial charge < -0.3 is 20.9 Å². The summed E-state index contributed by atoms with van der Waals surface area (Å²) in [7, 11) is 0. The molecule has 1 saturated heterocycles. The van der Waals surface area contributed by atoms with Crippen molar-refractivity contribution in [1.29, 1.82) is 0 Å². The molecule has 1 aromatic carbocycles. The number of hydrogen-bond acceptors (Lipinski definition) is 7. The summed E-state index contributed by atoms with van der Waals surface area (Å²) >= 11 is 1.40. The maximum Gasteiger partial charge on any atom is 0.317 e. The van der Waals surface area contributed by atoms with E-state index in [1.165, 1.54) is 17.5 Å². The summed E-state index contributed by atoms with van der Waals surface area (Å²) < 4.78 is 30.6. The Morgan fingerprint density at radius 2 is 2.08 bits per heavy atom. The largest absolute Gasteiger partial charge is 0.352 e. The Hall–Kier alpha value is -3.70. The number of carbonyl (C=O) groups is 1. The molecule has 5 rings (SSSR count). The number of pyridine rings is 1. The second-order valence-electron chi connectivity index (χ2n) is 8.71. The first-order valence-corrected chi connectivity index (χ1v) is 13.0. The molecule has 4 aromatic rings. The van der Waals surface area contributed by atoms with E-state index in [1.807, 2.05) is 44.2 Å². The number of fused-ring (bicyclic) bond motifs is 1. The van der Waals surface area contributed by atoms with Gasteiger partial charge in [0, 0.05) is 54.2 Å². The van der Waals surface area contributed by atoms with Crippen LogP contribution in [-0.4, -0.2) is 58.6 Å². The molecule has 4 heterocycles. The molecule has 0 unspecified atom stereocenters. The van der Waals surface area contributed by atoms with E-state index in [9.17, 15) is 13.6 Å². The number of thiophene rings is 1. The number of benzene rings is 1. The van der Waals surface area contributed by atoms with E-state index >= 15 is 0 Å². The smallest absolute Gasteiger partial charge is 0.317 e. The fraction of sp³-hybridized carbons (Fsp3) is 0.308. The van der Waals surface area contributed by atoms with Crippen molar-refractivity contribution < 1.29 is 13.6 Å². The van der Waals surface area contributed by atoms with E-state index in [-0.39, 0.29) is 23.7 Å². The van der Waals surface area contributed by atoms with Crippen LogP contribution in [0.3, 0.4) is 0 Å². The van der Waals surface area contributed by atoms with Gasteiger partial charge in [0.15, 0.2) is 5.82 Å². The summed E-state index contributed by atoms with van der Waals surface area (Å²) in [6, 6.07) is 9.17. The van der Waals surface area contributed by atoms with Gasteiger partial charge in [-0.05, 0) is 36.6 Å². The maximum absolute atomic E-state index is 14.9. The summed E-state index contributed by atoms with van der Waals surface area (Å²) in [4.78, 5) is 26.4. The molecule has 1 atom stereocenters. The van der Waals surface area contributed by atoms with Crippen LogP contribution < -0.4 is 16.0 Å². The number of halogens is 2. The molecule has 11 heteroatoms. The van der Waals surface area contributed by atoms with Crippen molar-refractivity contribution >= 4 is 33.4 Å². The van der Waals surface area contributed by atoms with Gasteiger partial charge in [-0.15, -0.1) is 11.3 Å². The Kier molecular flexibility index (Phi) is 7.24. The van der Waals surface area contributed by atoms with Crippen molar-refractivity contribution in [2.75, 3.05) is 38.0 Å². The van der Waals surface area contributed by atoms with E-state index in [1.54, 1.807) is 4.90 Å². The number of rotatable bonds is 9. The average Bonchev–Trinajstić information content (AvgIpc) is 3.51. The van der Waals surface area contributed by atoms with Crippen LogP contribution in [0, 0.1) is 11.8 Å². The third-order valence-corrected chi connectivity index (χ3v) is 7.50. The van der Waals surface area contributed by atoms with Crippen molar-refractivity contribution in [2.24, 2.45) is 0 Å². The predicted octanol–water partition coefficient (Wildman–Crippen LogP) is 4.81. The van der Waals surface area contributed by atoms with E-state index < -0.39 is 11.8 Å². The van der Waals surface area contributed by atoms with Gasteiger partial charge in [-0.25, -0.2) is 24.1 Å². The van der Waals surface area contributed by atoms with Gasteiger partial charge in [0.25, 0.3) is 0 Å². The lowest BCUT2D eigenvalue weighted by molar-refractivity contribution is 0.219. The number of carbonyl (C=O) groups excluding carboxylic acids is 1. The van der Waals surface area contributed by atoms with Crippen molar-refractivity contribution in [3.63, 3.8) is 0 Å². The highest BCUT2D eigenvalue weighted by atomic mass is 32.1. The monoisotopic (exact) mass is 523 g/mol. The SMILES string of the molecule is CCN[C@@H](C)c1c(-c2cccc3cc(-c4nc(NCCN5CCNC5=O)ncc4F)sc23)ccnc1F. The van der Waals surface area contributed by atoms with Gasteiger partial charge in [0.1, 0.15) is 5.69 Å². The molecule has 3 N–H and O–H groups in total. The van der Waals surface area contributed by atoms with Crippen LogP contribution >= 0.6 is 11.3 Å². The van der Waals surface area contributed by atoms with Gasteiger partial charge in [0.2, 0.25) is 11.9 Å². The Morgan fingerprint density at radius 1 is 1.22 bits per heavy atom. The number of anilines is 1. The van der Waals surface area contributed by atoms with E-state index in [2.05, 4.69) is 30.9 Å². The first kappa shape index (κ1) is 25.0. The minimum atomic E-state index is -0.533. The zero-order chi connectivity index (χ0) is 25.9. The second kappa shape index (κ2) is 10.7. The zero-order valence-corrected chi connectivity index (χ0v) is 21.3. The number of amides is 2. The molecule has 2 amide bonds. The normalized spacial score (nSPS) is 14.3. The first-order chi connectivity index (χ1) is 18.0. The van der Waals surface area contributed by atoms with E-state index in [0.717, 1.165) is 27.4 Å². The van der Waals surface area contributed by atoms with Gasteiger partial charge in [-0.2, -0.15) is 4.39 Å². The number of hydrogen-bond donors (Lipinski definition) is 3. The molecule has 0 radical (unpaired) electrons. The molecular formula is C26H27F2N7OS. The molecule has 1 aliphatic rings. The summed E-state index contributed by atoms with van der Waals surface area (Å²) in [5, 5.41) is 10.0. The standard InChI is InChI=1S/C26H27F2N7OS/c1-3-29-15(2)21-17(7-8-30-24(21)28)18-6-4-5-16-13-20(37-23(16)18)22-19(27)14-33-25(34-22)31-9-11-35-12-10-32-26(35)36/h4-8,13-15,29H,3,9-12H2,1-2H3,(H,32,36)(H,31,33,34)/t15-/m0/s1. The highest BCUT2D eigenvalue weighted by Gasteiger charge is 2.21. The van der Waals surface area contributed by atoms with Crippen molar-refractivity contribution in [2.45, 2.75) is 19.9 Å². The van der Waals surface area contributed by atoms with Crippen molar-refractivity contribution in [3.05, 3.63) is 60.1 Å². The zero-order valence-electron chi connectivity index (χ0n) is 20.5. The second-order valence-corrected chi connectivity index (χ2v) is 9.77. The molecule has 8 nitrogen and oxygen atoms in total. The van der Waals surface area contributed by atoms with Crippen LogP contribution in [0.1, 0.15) is 25.5 Å². The van der Waals surface area contributed by atoms with Crippen LogP contribution in [-0.2, 0) is 0 Å². The van der Waals surface area contributed by atoms with Crippen LogP contribution in [0.2, 0.25) is 0 Å². The minimum absolute atomic E-state index is 0.0966. The Balaban J connectivity index is 1.47. The topological polar surface area (TPSA) is 95.1 Å². The van der Waals surface area contributed by atoms with Gasteiger partial charge in [0.05, 0.1) is 11.1 Å². The summed E-state index contributed by atoms with van der Waals surface area (Å²) in [5.74, 6) is -0.760. The van der Waals surface area contributed by atoms with Gasteiger partial charge >= 0.3 is 6.03 Å². The first-order valence-electron chi connectivity index (χ1n) is 12.2. The Bertz CT molecular complexity index is 1440. The van der Waals surface area contributed by atoms with Crippen LogP contribution in [0.25, 0.3) is 31.8 Å². The van der Waals surface area contributed by atoms with Crippen LogP contribution in [0.15, 0.2) is 42.7 Å². The fourth-order valence-electron chi connectivity index (χ4n) is 4.55. The third-order valence-electron chi connectivity index (χ3n) is 6.31. The average molecular weight is 524 g/mol. The van der Waals surface area contributed by atoms with Crippen molar-refractivity contribution in [1.82, 2.24) is 30.5 Å². The molecule has 1 fully saturated rings. The van der Waals surface area contributed by atoms with Gasteiger partial charge in [-0.3, -0.25) is 0 Å². The lowest BCUT2D eigenvalue weighted by Crippen LogP contribution is -2.32. The molecule has 3 aromatic heterocycles. The predicted molar refractivity (Wildman–Crippen MR) is 142 cm³/mol. The number of nitrogens with one attached hydrogen (secondary N) is 3. The summed E-state index contributed by atoms with van der Waals surface area (Å²) in [5.41, 5.74) is 2.28. The van der Waals surface area contributed by atoms with Crippen LogP contribution in [0.4, 0.5) is 19.5 Å². The Labute approximate surface area is 217 Å². The quantitative estimate of drug-likeness (QED) is 0.273. The number of urea groups is 1. The molecule has 37 heavy (non-hydrogen) atoms. The minimum Gasteiger partial charge on any atom is -0.352 e. The van der Waals surface area contributed by atoms with E-state index in [0.29, 0.717) is 43.2 Å². The van der Waals surface area contributed by atoms with Crippen molar-refractivity contribution in [3.8, 4) is 21.7 Å². The number of nitrogens with zero attached hydrogens (tertiary/aromatic N) is 4. The van der Waals surface area contributed by atoms with Gasteiger partial charge in [-0.1, -0.05) is 25.1 Å². The molecule has 0 saturated carbocycles. The van der Waals surface area contributed by atoms with Crippen LogP contribution in [0.5, 0.6) is 0 Å². The lowest BCUT2D eigenvalue weighted by atomic mass is 9.96. The molecule has 192 valence electrons.